The van der Waals surface area contributed by atoms with Gasteiger partial charge in [0.2, 0.25) is 0 Å². The Hall–Kier alpha value is -5.22. The van der Waals surface area contributed by atoms with Gasteiger partial charge in [-0.3, -0.25) is 4.57 Å². The van der Waals surface area contributed by atoms with Crippen molar-refractivity contribution in [3.63, 3.8) is 0 Å². The lowest BCUT2D eigenvalue weighted by atomic mass is 9.92. The fourth-order valence-corrected chi connectivity index (χ4v) is 5.95. The normalized spacial score (nSPS) is 11.5. The molecule has 0 saturated heterocycles. The van der Waals surface area contributed by atoms with Gasteiger partial charge in [0, 0.05) is 33.7 Å². The van der Waals surface area contributed by atoms with Gasteiger partial charge < -0.3 is 5.11 Å². The molecule has 42 heavy (non-hydrogen) atoms. The van der Waals surface area contributed by atoms with Crippen LogP contribution in [0.4, 0.5) is 0 Å². The highest BCUT2D eigenvalue weighted by Gasteiger charge is 2.16. The van der Waals surface area contributed by atoms with Crippen LogP contribution in [0.3, 0.4) is 0 Å². The molecular formula is C38H31N3O. The number of aromatic nitrogens is 3. The van der Waals surface area contributed by atoms with Crippen LogP contribution in [0.15, 0.2) is 128 Å². The summed E-state index contributed by atoms with van der Waals surface area (Å²) >= 11 is 0. The Bertz CT molecular complexity index is 2000. The number of hydrogen-bond acceptors (Lipinski definition) is 3. The third-order valence-corrected chi connectivity index (χ3v) is 7.76. The molecule has 3 aromatic heterocycles. The number of pyridine rings is 2. The van der Waals surface area contributed by atoms with Crippen molar-refractivity contribution in [3.8, 4) is 45.1 Å². The number of fused-ring (bicyclic) bond motifs is 3. The second-order valence-corrected chi connectivity index (χ2v) is 11.2. The van der Waals surface area contributed by atoms with E-state index in [1.807, 2.05) is 66.9 Å². The van der Waals surface area contributed by atoms with Gasteiger partial charge in [0.05, 0.1) is 11.2 Å². The van der Waals surface area contributed by atoms with E-state index in [-0.39, 0.29) is 5.75 Å². The molecule has 4 aromatic carbocycles. The first-order chi connectivity index (χ1) is 20.6. The Labute approximate surface area is 245 Å². The van der Waals surface area contributed by atoms with Gasteiger partial charge in [0.1, 0.15) is 17.2 Å². The van der Waals surface area contributed by atoms with Crippen molar-refractivity contribution in [2.75, 3.05) is 0 Å². The van der Waals surface area contributed by atoms with E-state index in [9.17, 15) is 5.11 Å². The predicted octanol–water partition coefficient (Wildman–Crippen LogP) is 9.48. The number of rotatable bonds is 6. The lowest BCUT2D eigenvalue weighted by molar-refractivity contribution is 0.479. The average molecular weight is 546 g/mol. The fourth-order valence-electron chi connectivity index (χ4n) is 5.95. The number of aromatic hydroxyl groups is 1. The van der Waals surface area contributed by atoms with Gasteiger partial charge in [-0.1, -0.05) is 92.7 Å². The zero-order valence-electron chi connectivity index (χ0n) is 23.7. The molecule has 0 radical (unpaired) electrons. The lowest BCUT2D eigenvalue weighted by Gasteiger charge is -2.15. The van der Waals surface area contributed by atoms with Crippen LogP contribution in [-0.4, -0.2) is 19.6 Å². The molecule has 0 fully saturated rings. The summed E-state index contributed by atoms with van der Waals surface area (Å²) in [7, 11) is 0. The molecule has 0 aliphatic heterocycles. The standard InChI is InChI=1S/C38H31N3O/c1-25(2)21-26-22-28(31-15-8-14-30(37(31)42)27-11-4-3-5-12-27)24-29(23-26)34-17-9-19-36(40-34)41-35-18-7-6-13-32(35)33-16-10-20-39-38(33)41/h3-20,22-25,42H,21H2,1-2H3. The fraction of sp³-hybridized carbons (Fsp3) is 0.105. The van der Waals surface area contributed by atoms with Crippen LogP contribution >= 0.6 is 0 Å². The molecule has 7 aromatic rings. The number of hydrogen-bond donors (Lipinski definition) is 1. The van der Waals surface area contributed by atoms with Crippen LogP contribution in [0.25, 0.3) is 61.3 Å². The van der Waals surface area contributed by atoms with E-state index < -0.39 is 0 Å². The lowest BCUT2D eigenvalue weighted by Crippen LogP contribution is -2.00. The highest BCUT2D eigenvalue weighted by Crippen LogP contribution is 2.40. The Morgan fingerprint density at radius 3 is 2.21 bits per heavy atom. The monoisotopic (exact) mass is 545 g/mol. The Balaban J connectivity index is 1.39. The van der Waals surface area contributed by atoms with Crippen molar-refractivity contribution in [2.45, 2.75) is 20.3 Å². The predicted molar refractivity (Wildman–Crippen MR) is 173 cm³/mol. The van der Waals surface area contributed by atoms with Crippen molar-refractivity contribution >= 4 is 21.9 Å². The minimum atomic E-state index is 0.286. The third-order valence-electron chi connectivity index (χ3n) is 7.76. The first kappa shape index (κ1) is 25.7. The summed E-state index contributed by atoms with van der Waals surface area (Å²) in [4.78, 5) is 9.92. The summed E-state index contributed by atoms with van der Waals surface area (Å²) in [5.74, 6) is 1.59. The Kier molecular flexibility index (Phi) is 6.52. The second kappa shape index (κ2) is 10.6. The van der Waals surface area contributed by atoms with Gasteiger partial charge >= 0.3 is 0 Å². The molecule has 0 unspecified atom stereocenters. The van der Waals surface area contributed by atoms with Crippen molar-refractivity contribution in [1.82, 2.24) is 14.5 Å². The van der Waals surface area contributed by atoms with E-state index in [0.717, 1.165) is 67.7 Å². The van der Waals surface area contributed by atoms with Crippen molar-refractivity contribution in [3.05, 3.63) is 133 Å². The molecule has 0 bridgehead atoms. The molecule has 204 valence electrons. The SMILES string of the molecule is CC(C)Cc1cc(-c2cccc(-n3c4ccccc4c4cccnc43)n2)cc(-c2cccc(-c3ccccc3)c2O)c1. The Morgan fingerprint density at radius 2 is 1.38 bits per heavy atom. The summed E-state index contributed by atoms with van der Waals surface area (Å²) in [6, 6.07) is 41.2. The zero-order chi connectivity index (χ0) is 28.6. The largest absolute Gasteiger partial charge is 0.507 e. The Morgan fingerprint density at radius 1 is 0.667 bits per heavy atom. The van der Waals surface area contributed by atoms with Crippen molar-refractivity contribution in [2.24, 2.45) is 5.92 Å². The molecule has 7 rings (SSSR count). The zero-order valence-corrected chi connectivity index (χ0v) is 23.7. The summed E-state index contributed by atoms with van der Waals surface area (Å²) in [6.45, 7) is 4.46. The summed E-state index contributed by atoms with van der Waals surface area (Å²) in [5.41, 5.74) is 8.67. The molecule has 0 amide bonds. The maximum atomic E-state index is 11.5. The van der Waals surface area contributed by atoms with E-state index in [1.165, 1.54) is 5.56 Å². The summed E-state index contributed by atoms with van der Waals surface area (Å²) in [5, 5.41) is 13.7. The molecule has 0 aliphatic carbocycles. The number of para-hydroxylation sites is 2. The maximum Gasteiger partial charge on any atom is 0.146 e. The van der Waals surface area contributed by atoms with E-state index in [1.54, 1.807) is 0 Å². The van der Waals surface area contributed by atoms with Crippen LogP contribution in [0.5, 0.6) is 5.75 Å². The van der Waals surface area contributed by atoms with Gasteiger partial charge in [-0.15, -0.1) is 0 Å². The van der Waals surface area contributed by atoms with Crippen LogP contribution in [-0.2, 0) is 6.42 Å². The quantitative estimate of drug-likeness (QED) is 0.226. The molecule has 0 aliphatic rings. The average Bonchev–Trinajstić information content (AvgIpc) is 3.36. The minimum absolute atomic E-state index is 0.286. The molecule has 1 N–H and O–H groups in total. The van der Waals surface area contributed by atoms with Crippen LogP contribution in [0.1, 0.15) is 19.4 Å². The number of benzene rings is 4. The van der Waals surface area contributed by atoms with Crippen molar-refractivity contribution in [1.29, 1.82) is 0 Å². The summed E-state index contributed by atoms with van der Waals surface area (Å²) < 4.78 is 2.14. The first-order valence-electron chi connectivity index (χ1n) is 14.4. The number of phenols is 1. The van der Waals surface area contributed by atoms with Crippen LogP contribution < -0.4 is 0 Å². The minimum Gasteiger partial charge on any atom is -0.507 e. The van der Waals surface area contributed by atoms with Gasteiger partial charge in [0.15, 0.2) is 0 Å². The molecule has 0 saturated carbocycles. The smallest absolute Gasteiger partial charge is 0.146 e. The summed E-state index contributed by atoms with van der Waals surface area (Å²) in [6.07, 6.45) is 2.76. The van der Waals surface area contributed by atoms with E-state index in [0.29, 0.717) is 5.92 Å². The third kappa shape index (κ3) is 4.61. The van der Waals surface area contributed by atoms with E-state index in [2.05, 4.69) is 79.1 Å². The second-order valence-electron chi connectivity index (χ2n) is 11.2. The van der Waals surface area contributed by atoms with Crippen molar-refractivity contribution < 1.29 is 5.11 Å². The first-order valence-corrected chi connectivity index (χ1v) is 14.4. The number of nitrogens with zero attached hydrogens (tertiary/aromatic N) is 3. The van der Waals surface area contributed by atoms with E-state index >= 15 is 0 Å². The van der Waals surface area contributed by atoms with Gasteiger partial charge in [-0.2, -0.15) is 0 Å². The highest BCUT2D eigenvalue weighted by atomic mass is 16.3. The molecule has 4 heteroatoms. The number of phenolic OH excluding ortho intramolecular Hbond substituents is 1. The van der Waals surface area contributed by atoms with E-state index in [4.69, 9.17) is 9.97 Å². The molecule has 4 nitrogen and oxygen atoms in total. The van der Waals surface area contributed by atoms with Gasteiger partial charge in [0.25, 0.3) is 0 Å². The van der Waals surface area contributed by atoms with Crippen LogP contribution in [0.2, 0.25) is 0 Å². The highest BCUT2D eigenvalue weighted by molar-refractivity contribution is 6.07. The topological polar surface area (TPSA) is 50.9 Å². The van der Waals surface area contributed by atoms with Gasteiger partial charge in [-0.05, 0) is 71.5 Å². The maximum absolute atomic E-state index is 11.5. The molecule has 0 atom stereocenters. The molecule has 3 heterocycles. The molecule has 0 spiro atoms. The van der Waals surface area contributed by atoms with Gasteiger partial charge in [-0.25, -0.2) is 9.97 Å². The molecular weight excluding hydrogens is 514 g/mol. The van der Waals surface area contributed by atoms with Crippen LogP contribution in [0, 0.1) is 5.92 Å².